The van der Waals surface area contributed by atoms with Gasteiger partial charge in [0.2, 0.25) is 0 Å². The maximum Gasteiger partial charge on any atom is 0.256 e. The standard InChI is InChI=1S/C24H22N4O3S/c1-16-22-20(24(29)25-18-10-6-3-7-11-18)14-21(17-8-4-2-5-9-17)26-23(22)28(27-16)19-12-13-32(30,31)15-19/h2-11,14,19H,12-13,15H2,1H3,(H,25,29)/t19-/m1/s1. The zero-order chi connectivity index (χ0) is 22.3. The highest BCUT2D eigenvalue weighted by molar-refractivity contribution is 7.91. The maximum absolute atomic E-state index is 13.3. The minimum absolute atomic E-state index is 0.0337. The first-order chi connectivity index (χ1) is 15.4. The van der Waals surface area contributed by atoms with Gasteiger partial charge in [-0.3, -0.25) is 4.79 Å². The number of sulfone groups is 1. The van der Waals surface area contributed by atoms with Gasteiger partial charge in [-0.15, -0.1) is 0 Å². The number of pyridine rings is 1. The summed E-state index contributed by atoms with van der Waals surface area (Å²) in [6, 6.07) is 20.4. The van der Waals surface area contributed by atoms with E-state index in [1.54, 1.807) is 10.7 Å². The number of nitrogens with zero attached hydrogens (tertiary/aromatic N) is 3. The van der Waals surface area contributed by atoms with Gasteiger partial charge < -0.3 is 5.32 Å². The van der Waals surface area contributed by atoms with Gasteiger partial charge in [0, 0.05) is 11.3 Å². The van der Waals surface area contributed by atoms with E-state index in [1.807, 2.05) is 67.6 Å². The van der Waals surface area contributed by atoms with Gasteiger partial charge in [-0.05, 0) is 31.5 Å². The Labute approximate surface area is 186 Å². The van der Waals surface area contributed by atoms with Crippen LogP contribution in [0.15, 0.2) is 66.7 Å². The van der Waals surface area contributed by atoms with E-state index in [9.17, 15) is 13.2 Å². The van der Waals surface area contributed by atoms with E-state index < -0.39 is 9.84 Å². The molecule has 1 fully saturated rings. The molecule has 162 valence electrons. The average Bonchev–Trinajstić information content (AvgIpc) is 3.33. The third kappa shape index (κ3) is 3.78. The fourth-order valence-corrected chi connectivity index (χ4v) is 5.88. The summed E-state index contributed by atoms with van der Waals surface area (Å²) in [6.45, 7) is 1.82. The predicted molar refractivity (Wildman–Crippen MR) is 124 cm³/mol. The Hall–Kier alpha value is -3.52. The lowest BCUT2D eigenvalue weighted by atomic mass is 10.0. The number of hydrogen-bond acceptors (Lipinski definition) is 5. The monoisotopic (exact) mass is 446 g/mol. The molecule has 1 aliphatic rings. The summed E-state index contributed by atoms with van der Waals surface area (Å²) in [6.07, 6.45) is 0.487. The van der Waals surface area contributed by atoms with Crippen molar-refractivity contribution >= 4 is 32.5 Å². The van der Waals surface area contributed by atoms with Crippen LogP contribution in [0, 0.1) is 6.92 Å². The van der Waals surface area contributed by atoms with Gasteiger partial charge in [0.15, 0.2) is 15.5 Å². The summed E-state index contributed by atoms with van der Waals surface area (Å²) in [5.41, 5.74) is 3.84. The minimum atomic E-state index is -3.10. The van der Waals surface area contributed by atoms with E-state index in [2.05, 4.69) is 10.4 Å². The number of aromatic nitrogens is 3. The number of carbonyl (C=O) groups is 1. The molecule has 1 aliphatic heterocycles. The number of hydrogen-bond donors (Lipinski definition) is 1. The van der Waals surface area contributed by atoms with Crippen molar-refractivity contribution in [2.45, 2.75) is 19.4 Å². The molecule has 0 unspecified atom stereocenters. The van der Waals surface area contributed by atoms with Gasteiger partial charge in [-0.25, -0.2) is 18.1 Å². The van der Waals surface area contributed by atoms with Crippen molar-refractivity contribution in [3.8, 4) is 11.3 Å². The van der Waals surface area contributed by atoms with Crippen molar-refractivity contribution in [1.29, 1.82) is 0 Å². The summed E-state index contributed by atoms with van der Waals surface area (Å²) < 4.78 is 25.9. The first-order valence-corrected chi connectivity index (χ1v) is 12.3. The highest BCUT2D eigenvalue weighted by atomic mass is 32.2. The van der Waals surface area contributed by atoms with E-state index in [1.165, 1.54) is 0 Å². The van der Waals surface area contributed by atoms with Gasteiger partial charge in [0.25, 0.3) is 5.91 Å². The van der Waals surface area contributed by atoms with Crippen LogP contribution in [0.1, 0.15) is 28.5 Å². The molecule has 0 radical (unpaired) electrons. The van der Waals surface area contributed by atoms with Crippen molar-refractivity contribution in [2.24, 2.45) is 0 Å². The summed E-state index contributed by atoms with van der Waals surface area (Å²) in [5, 5.41) is 8.22. The first kappa shape index (κ1) is 20.4. The summed E-state index contributed by atoms with van der Waals surface area (Å²) in [7, 11) is -3.10. The van der Waals surface area contributed by atoms with Crippen LogP contribution in [0.2, 0.25) is 0 Å². The minimum Gasteiger partial charge on any atom is -0.322 e. The zero-order valence-electron chi connectivity index (χ0n) is 17.5. The predicted octanol–water partition coefficient (Wildman–Crippen LogP) is 4.02. The third-order valence-electron chi connectivity index (χ3n) is 5.74. The molecule has 2 aromatic heterocycles. The molecule has 5 rings (SSSR count). The van der Waals surface area contributed by atoms with Crippen molar-refractivity contribution in [3.63, 3.8) is 0 Å². The number of aryl methyl sites for hydroxylation is 1. The number of nitrogens with one attached hydrogen (secondary N) is 1. The van der Waals surface area contributed by atoms with Gasteiger partial charge in [0.1, 0.15) is 0 Å². The maximum atomic E-state index is 13.3. The molecule has 8 heteroatoms. The molecule has 0 aliphatic carbocycles. The van der Waals surface area contributed by atoms with Gasteiger partial charge in [-0.2, -0.15) is 5.10 Å². The second-order valence-corrected chi connectivity index (χ2v) is 10.3. The number of fused-ring (bicyclic) bond motifs is 1. The van der Waals surface area contributed by atoms with Crippen LogP contribution in [0.4, 0.5) is 5.69 Å². The molecule has 0 spiro atoms. The van der Waals surface area contributed by atoms with Gasteiger partial charge >= 0.3 is 0 Å². The van der Waals surface area contributed by atoms with E-state index in [-0.39, 0.29) is 23.5 Å². The number of carbonyl (C=O) groups excluding carboxylic acids is 1. The second kappa shape index (κ2) is 7.87. The molecule has 4 aromatic rings. The molecule has 1 atom stereocenters. The Kier molecular flexibility index (Phi) is 5.01. The third-order valence-corrected chi connectivity index (χ3v) is 7.49. The van der Waals surface area contributed by atoms with Crippen LogP contribution in [-0.2, 0) is 9.84 Å². The fourth-order valence-electron chi connectivity index (χ4n) is 4.19. The Bertz CT molecular complexity index is 1410. The number of amides is 1. The molecule has 0 bridgehead atoms. The van der Waals surface area contributed by atoms with Crippen LogP contribution in [0.25, 0.3) is 22.3 Å². The average molecular weight is 447 g/mol. The lowest BCUT2D eigenvalue weighted by molar-refractivity contribution is 0.102. The van der Waals surface area contributed by atoms with Crippen LogP contribution in [-0.4, -0.2) is 40.6 Å². The first-order valence-electron chi connectivity index (χ1n) is 10.4. The molecule has 1 amide bonds. The fraction of sp³-hybridized carbons (Fsp3) is 0.208. The van der Waals surface area contributed by atoms with Crippen LogP contribution in [0.5, 0.6) is 0 Å². The smallest absolute Gasteiger partial charge is 0.256 e. The number of rotatable bonds is 4. The van der Waals surface area contributed by atoms with Crippen molar-refractivity contribution < 1.29 is 13.2 Å². The highest BCUT2D eigenvalue weighted by Crippen LogP contribution is 2.32. The highest BCUT2D eigenvalue weighted by Gasteiger charge is 2.32. The Balaban J connectivity index is 1.69. The molecule has 0 saturated carbocycles. The molecule has 3 heterocycles. The van der Waals surface area contributed by atoms with E-state index in [4.69, 9.17) is 4.98 Å². The van der Waals surface area contributed by atoms with E-state index in [0.29, 0.717) is 40.1 Å². The largest absolute Gasteiger partial charge is 0.322 e. The van der Waals surface area contributed by atoms with Crippen molar-refractivity contribution in [1.82, 2.24) is 14.8 Å². The summed E-state index contributed by atoms with van der Waals surface area (Å²) in [4.78, 5) is 18.2. The second-order valence-electron chi connectivity index (χ2n) is 8.03. The molecular weight excluding hydrogens is 424 g/mol. The lowest BCUT2D eigenvalue weighted by Crippen LogP contribution is -2.15. The van der Waals surface area contributed by atoms with Crippen LogP contribution >= 0.6 is 0 Å². The molecular formula is C24H22N4O3S. The Morgan fingerprint density at radius 1 is 1.06 bits per heavy atom. The molecule has 2 aromatic carbocycles. The van der Waals surface area contributed by atoms with Crippen LogP contribution < -0.4 is 5.32 Å². The SMILES string of the molecule is Cc1nn([C@@H]2CCS(=O)(=O)C2)c2nc(-c3ccccc3)cc(C(=O)Nc3ccccc3)c12. The zero-order valence-corrected chi connectivity index (χ0v) is 18.3. The molecule has 1 saturated heterocycles. The summed E-state index contributed by atoms with van der Waals surface area (Å²) in [5.74, 6) is -0.0912. The van der Waals surface area contributed by atoms with Gasteiger partial charge in [0.05, 0.1) is 39.9 Å². The van der Waals surface area contributed by atoms with Crippen molar-refractivity contribution in [3.05, 3.63) is 78.0 Å². The van der Waals surface area contributed by atoms with E-state index >= 15 is 0 Å². The van der Waals surface area contributed by atoms with E-state index in [0.717, 1.165) is 5.56 Å². The number of para-hydroxylation sites is 1. The molecule has 1 N–H and O–H groups in total. The number of benzene rings is 2. The van der Waals surface area contributed by atoms with Gasteiger partial charge in [-0.1, -0.05) is 48.5 Å². The van der Waals surface area contributed by atoms with Crippen molar-refractivity contribution in [2.75, 3.05) is 16.8 Å². The molecule has 32 heavy (non-hydrogen) atoms. The topological polar surface area (TPSA) is 93.9 Å². The Morgan fingerprint density at radius 3 is 2.41 bits per heavy atom. The van der Waals surface area contributed by atoms with Crippen LogP contribution in [0.3, 0.4) is 0 Å². The lowest BCUT2D eigenvalue weighted by Gasteiger charge is -2.12. The summed E-state index contributed by atoms with van der Waals surface area (Å²) >= 11 is 0. The number of anilines is 1. The molecule has 7 nitrogen and oxygen atoms in total. The normalized spacial score (nSPS) is 17.5. The quantitative estimate of drug-likeness (QED) is 0.511. The Morgan fingerprint density at radius 2 is 1.75 bits per heavy atom.